The number of urea groups is 1. The van der Waals surface area contributed by atoms with Gasteiger partial charge in [-0.2, -0.15) is 0 Å². The van der Waals surface area contributed by atoms with Crippen molar-refractivity contribution in [3.63, 3.8) is 0 Å². The number of carbonyl (C=O) groups is 2. The predicted molar refractivity (Wildman–Crippen MR) is 117 cm³/mol. The number of hydrogen-bond donors (Lipinski definition) is 0. The van der Waals surface area contributed by atoms with E-state index in [1.807, 2.05) is 0 Å². The number of carbonyl (C=O) groups excluding carboxylic acids is 2. The third-order valence-corrected chi connectivity index (χ3v) is 6.74. The average Bonchev–Trinajstić information content (AvgIpc) is 3.07. The molecule has 30 heavy (non-hydrogen) atoms. The van der Waals surface area contributed by atoms with E-state index in [1.54, 1.807) is 14.1 Å². The monoisotopic (exact) mass is 410 g/mol. The fourth-order valence-electron chi connectivity index (χ4n) is 4.69. The molecule has 1 aromatic carbocycles. The van der Waals surface area contributed by atoms with E-state index in [2.05, 4.69) is 48.4 Å². The highest BCUT2D eigenvalue weighted by Crippen LogP contribution is 2.24. The number of rotatable bonds is 4. The van der Waals surface area contributed by atoms with Crippen LogP contribution in [0.1, 0.15) is 42.9 Å². The van der Waals surface area contributed by atoms with Gasteiger partial charge in [0.15, 0.2) is 0 Å². The summed E-state index contributed by atoms with van der Waals surface area (Å²) in [6, 6.07) is 6.03. The van der Waals surface area contributed by atoms with Crippen LogP contribution >= 0.6 is 0 Å². The molecule has 4 rings (SSSR count). The van der Waals surface area contributed by atoms with Crippen LogP contribution in [0.5, 0.6) is 0 Å². The number of likely N-dealkylation sites (tertiary alicyclic amines) is 1. The van der Waals surface area contributed by atoms with Crippen molar-refractivity contribution in [1.82, 2.24) is 14.7 Å². The number of hydrogen-bond acceptors (Lipinski definition) is 4. The SMILES string of the molecule is Cc1ccc(C)c(C[N+]2=C(CN3CCCCC3C)N=C3C2C(=O)N(C)C(=O)N3C)c1. The minimum Gasteiger partial charge on any atom is -0.289 e. The van der Waals surface area contributed by atoms with Gasteiger partial charge in [0, 0.05) is 20.1 Å². The molecule has 0 aromatic heterocycles. The molecular formula is C23H32N5O2+. The molecule has 2 saturated heterocycles. The number of likely N-dealkylation sites (N-methyl/N-ethyl adjacent to an activating group) is 2. The maximum Gasteiger partial charge on any atom is 0.333 e. The van der Waals surface area contributed by atoms with Gasteiger partial charge in [-0.1, -0.05) is 30.2 Å². The lowest BCUT2D eigenvalue weighted by Crippen LogP contribution is -2.61. The zero-order valence-electron chi connectivity index (χ0n) is 18.7. The standard InChI is InChI=1S/C23H32N5O2/c1-15-9-10-16(2)18(12-15)13-28-19(14-27-11-7-6-8-17(27)3)24-21-20(28)22(29)26(5)23(30)25(21)4/h9-10,12,17,20H,6-8,11,13-14H2,1-5H3/q+1. The summed E-state index contributed by atoms with van der Waals surface area (Å²) in [7, 11) is 3.26. The van der Waals surface area contributed by atoms with E-state index in [0.717, 1.165) is 12.4 Å². The Morgan fingerprint density at radius 3 is 2.63 bits per heavy atom. The van der Waals surface area contributed by atoms with E-state index in [1.165, 1.54) is 45.8 Å². The zero-order valence-corrected chi connectivity index (χ0v) is 18.7. The van der Waals surface area contributed by atoms with E-state index in [4.69, 9.17) is 4.99 Å². The lowest BCUT2D eigenvalue weighted by Gasteiger charge is -2.32. The number of piperidine rings is 1. The summed E-state index contributed by atoms with van der Waals surface area (Å²) in [5, 5.41) is 0. The van der Waals surface area contributed by atoms with E-state index >= 15 is 0 Å². The Hall–Kier alpha value is -2.54. The molecule has 160 valence electrons. The maximum absolute atomic E-state index is 13.1. The summed E-state index contributed by atoms with van der Waals surface area (Å²) >= 11 is 0. The first-order valence-corrected chi connectivity index (χ1v) is 10.8. The third kappa shape index (κ3) is 3.55. The quantitative estimate of drug-likeness (QED) is 0.716. The first-order valence-electron chi connectivity index (χ1n) is 10.8. The van der Waals surface area contributed by atoms with Crippen molar-refractivity contribution in [1.29, 1.82) is 0 Å². The Balaban J connectivity index is 1.74. The van der Waals surface area contributed by atoms with Gasteiger partial charge in [0.05, 0.1) is 0 Å². The second-order valence-corrected chi connectivity index (χ2v) is 8.90. The zero-order chi connectivity index (χ0) is 21.6. The van der Waals surface area contributed by atoms with Gasteiger partial charge in [0.2, 0.25) is 0 Å². The molecule has 0 aliphatic carbocycles. The highest BCUT2D eigenvalue weighted by Gasteiger charge is 2.53. The fourth-order valence-corrected chi connectivity index (χ4v) is 4.69. The van der Waals surface area contributed by atoms with E-state index in [9.17, 15) is 9.59 Å². The molecule has 2 unspecified atom stereocenters. The molecule has 2 atom stereocenters. The molecule has 3 aliphatic rings. The first kappa shape index (κ1) is 20.7. The highest BCUT2D eigenvalue weighted by molar-refractivity contribution is 6.23. The molecule has 3 aliphatic heterocycles. The molecule has 3 heterocycles. The van der Waals surface area contributed by atoms with Crippen LogP contribution in [0.2, 0.25) is 0 Å². The van der Waals surface area contributed by atoms with Crippen molar-refractivity contribution in [2.75, 3.05) is 27.2 Å². The minimum absolute atomic E-state index is 0.205. The van der Waals surface area contributed by atoms with Crippen molar-refractivity contribution in [2.24, 2.45) is 4.99 Å². The highest BCUT2D eigenvalue weighted by atomic mass is 16.2. The van der Waals surface area contributed by atoms with Crippen molar-refractivity contribution >= 4 is 23.6 Å². The number of imide groups is 1. The lowest BCUT2D eigenvalue weighted by molar-refractivity contribution is -0.552. The summed E-state index contributed by atoms with van der Waals surface area (Å²) in [4.78, 5) is 35.7. The number of aliphatic imine (C=N–C) groups is 1. The topological polar surface area (TPSA) is 59.2 Å². The Morgan fingerprint density at radius 1 is 1.13 bits per heavy atom. The van der Waals surface area contributed by atoms with E-state index < -0.39 is 6.04 Å². The molecule has 7 heteroatoms. The molecule has 2 fully saturated rings. The summed E-state index contributed by atoms with van der Waals surface area (Å²) < 4.78 is 2.11. The number of fused-ring (bicyclic) bond motifs is 1. The van der Waals surface area contributed by atoms with Gasteiger partial charge in [-0.25, -0.2) is 9.37 Å². The Morgan fingerprint density at radius 2 is 1.90 bits per heavy atom. The Bertz CT molecular complexity index is 951. The molecule has 0 bridgehead atoms. The van der Waals surface area contributed by atoms with Crippen molar-refractivity contribution in [3.05, 3.63) is 34.9 Å². The maximum atomic E-state index is 13.1. The van der Waals surface area contributed by atoms with Crippen LogP contribution in [-0.2, 0) is 11.3 Å². The smallest absolute Gasteiger partial charge is 0.289 e. The van der Waals surface area contributed by atoms with Crippen molar-refractivity contribution in [2.45, 2.75) is 58.7 Å². The van der Waals surface area contributed by atoms with Gasteiger partial charge >= 0.3 is 11.9 Å². The minimum atomic E-state index is -0.548. The van der Waals surface area contributed by atoms with Gasteiger partial charge in [-0.15, -0.1) is 0 Å². The number of amides is 3. The molecule has 0 radical (unpaired) electrons. The number of benzene rings is 1. The number of amidine groups is 2. The van der Waals surface area contributed by atoms with Gasteiger partial charge in [-0.3, -0.25) is 19.5 Å². The van der Waals surface area contributed by atoms with Crippen LogP contribution in [0, 0.1) is 13.8 Å². The molecule has 0 spiro atoms. The second-order valence-electron chi connectivity index (χ2n) is 8.90. The molecule has 0 N–H and O–H groups in total. The molecular weight excluding hydrogens is 378 g/mol. The Labute approximate surface area is 178 Å². The Kier molecular flexibility index (Phi) is 5.49. The van der Waals surface area contributed by atoms with Crippen LogP contribution < -0.4 is 0 Å². The largest absolute Gasteiger partial charge is 0.333 e. The third-order valence-electron chi connectivity index (χ3n) is 6.74. The second kappa shape index (κ2) is 7.95. The summed E-state index contributed by atoms with van der Waals surface area (Å²) in [5.74, 6) is 1.23. The predicted octanol–water partition coefficient (Wildman–Crippen LogP) is 2.39. The first-order chi connectivity index (χ1) is 14.3. The van der Waals surface area contributed by atoms with Crippen LogP contribution in [0.15, 0.2) is 23.2 Å². The average molecular weight is 411 g/mol. The lowest BCUT2D eigenvalue weighted by atomic mass is 10.0. The summed E-state index contributed by atoms with van der Waals surface area (Å²) in [5.41, 5.74) is 3.58. The number of aryl methyl sites for hydroxylation is 2. The molecule has 0 saturated carbocycles. The van der Waals surface area contributed by atoms with E-state index in [-0.39, 0.29) is 11.9 Å². The van der Waals surface area contributed by atoms with Gasteiger partial charge in [0.25, 0.3) is 17.8 Å². The van der Waals surface area contributed by atoms with Crippen molar-refractivity contribution < 1.29 is 14.2 Å². The van der Waals surface area contributed by atoms with Gasteiger partial charge in [0.1, 0.15) is 13.1 Å². The van der Waals surface area contributed by atoms with Crippen LogP contribution in [0.25, 0.3) is 0 Å². The molecule has 1 aromatic rings. The van der Waals surface area contributed by atoms with Crippen LogP contribution in [0.3, 0.4) is 0 Å². The molecule has 3 amide bonds. The fraction of sp³-hybridized carbons (Fsp3) is 0.565. The molecule has 7 nitrogen and oxygen atoms in total. The van der Waals surface area contributed by atoms with Gasteiger partial charge < -0.3 is 0 Å². The number of nitrogens with zero attached hydrogens (tertiary/aromatic N) is 5. The van der Waals surface area contributed by atoms with Crippen LogP contribution in [0.4, 0.5) is 4.79 Å². The van der Waals surface area contributed by atoms with Crippen LogP contribution in [-0.4, -0.2) is 82.2 Å². The summed E-state index contributed by atoms with van der Waals surface area (Å²) in [6.45, 7) is 8.79. The summed E-state index contributed by atoms with van der Waals surface area (Å²) in [6.07, 6.45) is 3.63. The van der Waals surface area contributed by atoms with Crippen molar-refractivity contribution in [3.8, 4) is 0 Å². The van der Waals surface area contributed by atoms with Gasteiger partial charge in [-0.05, 0) is 56.3 Å². The van der Waals surface area contributed by atoms with E-state index in [0.29, 0.717) is 25.0 Å². The normalized spacial score (nSPS) is 25.2.